The Morgan fingerprint density at radius 3 is 2.36 bits per heavy atom. The van der Waals surface area contributed by atoms with E-state index in [2.05, 4.69) is 4.90 Å². The van der Waals surface area contributed by atoms with E-state index >= 15 is 0 Å². The third-order valence-electron chi connectivity index (χ3n) is 6.25. The lowest BCUT2D eigenvalue weighted by Crippen LogP contribution is -2.41. The van der Waals surface area contributed by atoms with E-state index in [1.165, 1.54) is 38.6 Å². The molecule has 0 aromatic heterocycles. The average molecular weight is 430 g/mol. The van der Waals surface area contributed by atoms with Gasteiger partial charge >= 0.3 is 0 Å². The minimum Gasteiger partial charge on any atom is -0.341 e. The summed E-state index contributed by atoms with van der Waals surface area (Å²) >= 11 is 0. The van der Waals surface area contributed by atoms with Crippen LogP contribution in [0.5, 0.6) is 0 Å². The molecule has 1 saturated heterocycles. The number of carbonyl (C=O) groups is 1. The summed E-state index contributed by atoms with van der Waals surface area (Å²) in [5.41, 5.74) is 7.42. The van der Waals surface area contributed by atoms with Crippen LogP contribution < -0.4 is 5.73 Å². The molecule has 1 aromatic rings. The highest BCUT2D eigenvalue weighted by Gasteiger charge is 2.28. The third kappa shape index (κ3) is 6.91. The van der Waals surface area contributed by atoms with Crippen LogP contribution in [0.15, 0.2) is 30.3 Å². The summed E-state index contributed by atoms with van der Waals surface area (Å²) in [5.74, 6) is 0.902. The van der Waals surface area contributed by atoms with Crippen molar-refractivity contribution < 1.29 is 4.79 Å². The van der Waals surface area contributed by atoms with Gasteiger partial charge in [-0.05, 0) is 37.3 Å². The molecule has 2 unspecified atom stereocenters. The maximum absolute atomic E-state index is 13.0. The minimum atomic E-state index is -0.231. The molecule has 1 aliphatic carbocycles. The summed E-state index contributed by atoms with van der Waals surface area (Å²) in [6, 6.07) is 9.76. The first-order valence-electron chi connectivity index (χ1n) is 10.5. The van der Waals surface area contributed by atoms with Crippen molar-refractivity contribution in [1.82, 2.24) is 9.80 Å². The van der Waals surface area contributed by atoms with Gasteiger partial charge in [-0.1, -0.05) is 56.5 Å². The molecule has 1 saturated carbocycles. The van der Waals surface area contributed by atoms with Crippen LogP contribution in [0.4, 0.5) is 0 Å². The topological polar surface area (TPSA) is 49.6 Å². The van der Waals surface area contributed by atoms with Crippen molar-refractivity contribution in [3.63, 3.8) is 0 Å². The van der Waals surface area contributed by atoms with Gasteiger partial charge < -0.3 is 15.5 Å². The summed E-state index contributed by atoms with van der Waals surface area (Å²) < 4.78 is 0. The fourth-order valence-electron chi connectivity index (χ4n) is 4.51. The van der Waals surface area contributed by atoms with E-state index in [0.717, 1.165) is 44.1 Å². The van der Waals surface area contributed by atoms with Crippen LogP contribution in [0.2, 0.25) is 0 Å². The molecule has 1 heterocycles. The summed E-state index contributed by atoms with van der Waals surface area (Å²) in [6.45, 7) is 7.05. The van der Waals surface area contributed by atoms with Gasteiger partial charge in [-0.15, -0.1) is 24.8 Å². The molecule has 0 radical (unpaired) electrons. The monoisotopic (exact) mass is 429 g/mol. The quantitative estimate of drug-likeness (QED) is 0.759. The normalized spacial score (nSPS) is 21.0. The summed E-state index contributed by atoms with van der Waals surface area (Å²) in [6.07, 6.45) is 8.07. The number of halogens is 2. The molecule has 0 spiro atoms. The lowest BCUT2D eigenvalue weighted by molar-refractivity contribution is -0.135. The molecule has 1 amide bonds. The van der Waals surface area contributed by atoms with E-state index in [9.17, 15) is 4.79 Å². The Labute approximate surface area is 183 Å². The standard InChI is InChI=1S/C22H35N3O.2ClH/c1-18(21(23)20-11-6-3-7-12-20)22(26)25-14-8-13-24(15-16-25)17-19-9-4-2-5-10-19;;/h3,6-7,11-12,18-19,21H,2,4-5,8-10,13-17,23H2,1H3;2*1H. The predicted molar refractivity (Wildman–Crippen MR) is 121 cm³/mol. The molecule has 4 nitrogen and oxygen atoms in total. The second-order valence-electron chi connectivity index (χ2n) is 8.21. The molecular weight excluding hydrogens is 393 g/mol. The lowest BCUT2D eigenvalue weighted by atomic mass is 9.89. The van der Waals surface area contributed by atoms with Crippen LogP contribution in [0.3, 0.4) is 0 Å². The summed E-state index contributed by atoms with van der Waals surface area (Å²) in [7, 11) is 0. The SMILES string of the molecule is CC(C(=O)N1CCCN(CC2CCCCC2)CC1)C(N)c1ccccc1.Cl.Cl. The number of nitrogens with zero attached hydrogens (tertiary/aromatic N) is 2. The van der Waals surface area contributed by atoms with Crippen molar-refractivity contribution in [1.29, 1.82) is 0 Å². The van der Waals surface area contributed by atoms with E-state index in [-0.39, 0.29) is 42.7 Å². The number of hydrogen-bond donors (Lipinski definition) is 1. The Morgan fingerprint density at radius 2 is 1.68 bits per heavy atom. The molecule has 1 aromatic carbocycles. The number of nitrogens with two attached hydrogens (primary N) is 1. The largest absolute Gasteiger partial charge is 0.341 e. The van der Waals surface area contributed by atoms with Gasteiger partial charge in [-0.25, -0.2) is 0 Å². The Balaban J connectivity index is 0.00000196. The average Bonchev–Trinajstić information content (AvgIpc) is 2.93. The molecule has 28 heavy (non-hydrogen) atoms. The first-order chi connectivity index (χ1) is 12.6. The molecule has 0 bridgehead atoms. The van der Waals surface area contributed by atoms with E-state index in [0.29, 0.717) is 0 Å². The van der Waals surface area contributed by atoms with Gasteiger partial charge in [0.1, 0.15) is 0 Å². The van der Waals surface area contributed by atoms with Crippen molar-refractivity contribution in [2.45, 2.75) is 51.5 Å². The lowest BCUT2D eigenvalue weighted by Gasteiger charge is -2.29. The zero-order valence-corrected chi connectivity index (χ0v) is 18.7. The highest BCUT2D eigenvalue weighted by atomic mass is 35.5. The third-order valence-corrected chi connectivity index (χ3v) is 6.25. The number of rotatable bonds is 5. The second-order valence-corrected chi connectivity index (χ2v) is 8.21. The van der Waals surface area contributed by atoms with E-state index in [1.54, 1.807) is 0 Å². The van der Waals surface area contributed by atoms with Crippen LogP contribution in [0, 0.1) is 11.8 Å². The van der Waals surface area contributed by atoms with Crippen molar-refractivity contribution in [2.75, 3.05) is 32.7 Å². The molecule has 2 N–H and O–H groups in total. The highest BCUT2D eigenvalue weighted by molar-refractivity contribution is 5.85. The highest BCUT2D eigenvalue weighted by Crippen LogP contribution is 2.25. The van der Waals surface area contributed by atoms with Crippen molar-refractivity contribution in [3.8, 4) is 0 Å². The van der Waals surface area contributed by atoms with Crippen molar-refractivity contribution in [3.05, 3.63) is 35.9 Å². The molecule has 3 rings (SSSR count). The number of hydrogen-bond acceptors (Lipinski definition) is 3. The van der Waals surface area contributed by atoms with Crippen LogP contribution in [0.1, 0.15) is 57.1 Å². The number of benzene rings is 1. The zero-order valence-electron chi connectivity index (χ0n) is 17.1. The first kappa shape index (κ1) is 25.2. The predicted octanol–water partition coefficient (Wildman–Crippen LogP) is 4.28. The molecular formula is C22H37Cl2N3O. The molecule has 1 aliphatic heterocycles. The second kappa shape index (κ2) is 12.7. The maximum atomic E-state index is 13.0. The van der Waals surface area contributed by atoms with Crippen molar-refractivity contribution in [2.24, 2.45) is 17.6 Å². The summed E-state index contributed by atoms with van der Waals surface area (Å²) in [4.78, 5) is 17.6. The first-order valence-corrected chi connectivity index (χ1v) is 10.5. The van der Waals surface area contributed by atoms with Gasteiger partial charge in [0.05, 0.1) is 5.92 Å². The Kier molecular flexibility index (Phi) is 11.4. The van der Waals surface area contributed by atoms with E-state index in [4.69, 9.17) is 5.73 Å². The molecule has 6 heteroatoms. The van der Waals surface area contributed by atoms with Crippen LogP contribution in [-0.2, 0) is 4.79 Å². The van der Waals surface area contributed by atoms with Crippen LogP contribution >= 0.6 is 24.8 Å². The van der Waals surface area contributed by atoms with Gasteiger partial charge in [-0.3, -0.25) is 4.79 Å². The van der Waals surface area contributed by atoms with Crippen LogP contribution in [0.25, 0.3) is 0 Å². The van der Waals surface area contributed by atoms with E-state index < -0.39 is 0 Å². The minimum absolute atomic E-state index is 0. The molecule has 2 atom stereocenters. The van der Waals surface area contributed by atoms with Gasteiger partial charge in [0.2, 0.25) is 5.91 Å². The van der Waals surface area contributed by atoms with E-state index in [1.807, 2.05) is 42.2 Å². The fourth-order valence-corrected chi connectivity index (χ4v) is 4.51. The molecule has 160 valence electrons. The van der Waals surface area contributed by atoms with Crippen molar-refractivity contribution >= 4 is 30.7 Å². The van der Waals surface area contributed by atoms with Gasteiger partial charge in [0, 0.05) is 32.2 Å². The smallest absolute Gasteiger partial charge is 0.227 e. The fraction of sp³-hybridized carbons (Fsp3) is 0.682. The Bertz CT molecular complexity index is 566. The van der Waals surface area contributed by atoms with Gasteiger partial charge in [-0.2, -0.15) is 0 Å². The molecule has 2 fully saturated rings. The van der Waals surface area contributed by atoms with Gasteiger partial charge in [0.15, 0.2) is 0 Å². The van der Waals surface area contributed by atoms with Crippen LogP contribution in [-0.4, -0.2) is 48.4 Å². The molecule has 2 aliphatic rings. The number of amides is 1. The maximum Gasteiger partial charge on any atom is 0.227 e. The Morgan fingerprint density at radius 1 is 1.00 bits per heavy atom. The van der Waals surface area contributed by atoms with Gasteiger partial charge in [0.25, 0.3) is 0 Å². The zero-order chi connectivity index (χ0) is 18.4. The Hall–Kier alpha value is -0.810. The number of carbonyl (C=O) groups excluding carboxylic acids is 1. The summed E-state index contributed by atoms with van der Waals surface area (Å²) in [5, 5.41) is 0.